The molecule has 0 amide bonds. The summed E-state index contributed by atoms with van der Waals surface area (Å²) in [5.41, 5.74) is 6.27. The zero-order valence-electron chi connectivity index (χ0n) is 17.6. The van der Waals surface area contributed by atoms with Gasteiger partial charge in [-0.05, 0) is 72.9 Å². The highest BCUT2D eigenvalue weighted by atomic mass is 79.9. The molecule has 0 atom stereocenters. The number of aromatic nitrogens is 3. The fraction of sp³-hybridized carbons (Fsp3) is 0.269. The van der Waals surface area contributed by atoms with Crippen molar-refractivity contribution in [3.63, 3.8) is 0 Å². The number of halogens is 1. The van der Waals surface area contributed by atoms with Crippen LogP contribution >= 0.6 is 15.9 Å². The minimum Gasteiger partial charge on any atom is -0.481 e. The lowest BCUT2D eigenvalue weighted by Gasteiger charge is -2.28. The van der Waals surface area contributed by atoms with Gasteiger partial charge in [-0.15, -0.1) is 0 Å². The third kappa shape index (κ3) is 4.46. The van der Waals surface area contributed by atoms with E-state index < -0.39 is 5.97 Å². The molecule has 0 radical (unpaired) electrons. The molecule has 0 spiro atoms. The quantitative estimate of drug-likeness (QED) is 0.322. The van der Waals surface area contributed by atoms with Gasteiger partial charge in [0, 0.05) is 22.7 Å². The van der Waals surface area contributed by atoms with Gasteiger partial charge in [0.15, 0.2) is 5.82 Å². The summed E-state index contributed by atoms with van der Waals surface area (Å²) in [4.78, 5) is 23.5. The van der Waals surface area contributed by atoms with Gasteiger partial charge in [0.25, 0.3) is 0 Å². The molecular weight excluding hydrogens is 466 g/mol. The smallest absolute Gasteiger partial charge is 0.303 e. The second-order valence-electron chi connectivity index (χ2n) is 8.62. The molecule has 2 aromatic carbocycles. The van der Waals surface area contributed by atoms with Crippen molar-refractivity contribution in [2.45, 2.75) is 38.0 Å². The molecule has 0 bridgehead atoms. The van der Waals surface area contributed by atoms with Crippen molar-refractivity contribution in [2.24, 2.45) is 5.92 Å². The van der Waals surface area contributed by atoms with Crippen molar-refractivity contribution in [1.82, 2.24) is 15.0 Å². The van der Waals surface area contributed by atoms with Crippen molar-refractivity contribution in [2.75, 3.05) is 0 Å². The molecule has 2 heterocycles. The number of carboxylic acid groups (broad SMARTS) is 1. The maximum Gasteiger partial charge on any atom is 0.303 e. The van der Waals surface area contributed by atoms with Crippen molar-refractivity contribution in [3.8, 4) is 22.6 Å². The van der Waals surface area contributed by atoms with Crippen molar-refractivity contribution in [1.29, 1.82) is 0 Å². The average Bonchev–Trinajstić information content (AvgIpc) is 3.23. The molecule has 1 saturated carbocycles. The second kappa shape index (κ2) is 8.87. The van der Waals surface area contributed by atoms with Crippen LogP contribution in [-0.2, 0) is 4.79 Å². The summed E-state index contributed by atoms with van der Waals surface area (Å²) in [7, 11) is 0. The predicted molar refractivity (Wildman–Crippen MR) is 129 cm³/mol. The summed E-state index contributed by atoms with van der Waals surface area (Å²) in [6.07, 6.45) is 6.35. The highest BCUT2D eigenvalue weighted by Gasteiger charge is 2.24. The number of H-pyrrole nitrogens is 1. The van der Waals surface area contributed by atoms with Crippen LogP contribution in [-0.4, -0.2) is 26.0 Å². The molecule has 5 nitrogen and oxygen atoms in total. The molecule has 1 aliphatic carbocycles. The lowest BCUT2D eigenvalue weighted by molar-refractivity contribution is -0.138. The lowest BCUT2D eigenvalue weighted by atomic mass is 9.77. The number of carbonyl (C=O) groups is 1. The van der Waals surface area contributed by atoms with Crippen LogP contribution in [0.3, 0.4) is 0 Å². The molecule has 32 heavy (non-hydrogen) atoms. The van der Waals surface area contributed by atoms with E-state index in [2.05, 4.69) is 61.2 Å². The number of fused-ring (bicyclic) bond motifs is 1. The van der Waals surface area contributed by atoms with E-state index in [0.717, 1.165) is 63.8 Å². The van der Waals surface area contributed by atoms with Gasteiger partial charge in [0.1, 0.15) is 5.69 Å². The predicted octanol–water partition coefficient (Wildman–Crippen LogP) is 6.80. The fourth-order valence-electron chi connectivity index (χ4n) is 4.70. The molecule has 0 unspecified atom stereocenters. The maximum absolute atomic E-state index is 10.9. The number of nitrogens with zero attached hydrogens (tertiary/aromatic N) is 2. The number of pyridine rings is 1. The standard InChI is InChI=1S/C26H24BrN3O2/c27-21-10-12-22-24(14-21)30-26(29-22)23-11-9-20(15-28-23)19-7-5-18(6-8-19)17-3-1-16(2-4-17)13-25(31)32/h5-12,14-17H,1-4,13H2,(H,29,30)(H,31,32)/t16-,17-. The Morgan fingerprint density at radius 1 is 1.00 bits per heavy atom. The van der Waals surface area contributed by atoms with Crippen LogP contribution in [0.15, 0.2) is 65.3 Å². The highest BCUT2D eigenvalue weighted by molar-refractivity contribution is 9.10. The summed E-state index contributed by atoms with van der Waals surface area (Å²) < 4.78 is 1.01. The number of nitrogens with one attached hydrogen (secondary N) is 1. The Kier molecular flexibility index (Phi) is 5.79. The van der Waals surface area contributed by atoms with E-state index in [-0.39, 0.29) is 0 Å². The van der Waals surface area contributed by atoms with Gasteiger partial charge in [0.05, 0.1) is 11.0 Å². The first-order chi connectivity index (χ1) is 15.5. The van der Waals surface area contributed by atoms with E-state index in [1.165, 1.54) is 5.56 Å². The number of benzene rings is 2. The van der Waals surface area contributed by atoms with Gasteiger partial charge < -0.3 is 10.1 Å². The normalized spacial score (nSPS) is 18.7. The van der Waals surface area contributed by atoms with E-state index in [0.29, 0.717) is 18.3 Å². The number of aromatic amines is 1. The van der Waals surface area contributed by atoms with Gasteiger partial charge in [0.2, 0.25) is 0 Å². The van der Waals surface area contributed by atoms with Gasteiger partial charge in [-0.3, -0.25) is 9.78 Å². The number of carboxylic acids is 1. The van der Waals surface area contributed by atoms with E-state index in [9.17, 15) is 4.79 Å². The minimum atomic E-state index is -0.675. The Morgan fingerprint density at radius 2 is 1.75 bits per heavy atom. The molecule has 0 saturated heterocycles. The number of rotatable bonds is 5. The van der Waals surface area contributed by atoms with E-state index in [4.69, 9.17) is 5.11 Å². The van der Waals surface area contributed by atoms with Crippen molar-refractivity contribution < 1.29 is 9.90 Å². The van der Waals surface area contributed by atoms with Gasteiger partial charge in [-0.2, -0.15) is 0 Å². The minimum absolute atomic E-state index is 0.306. The van der Waals surface area contributed by atoms with Crippen LogP contribution in [0.1, 0.15) is 43.6 Å². The van der Waals surface area contributed by atoms with Crippen LogP contribution < -0.4 is 0 Å². The van der Waals surface area contributed by atoms with Gasteiger partial charge in [-0.25, -0.2) is 4.98 Å². The van der Waals surface area contributed by atoms with E-state index in [1.54, 1.807) is 0 Å². The first-order valence-corrected chi connectivity index (χ1v) is 11.8. The molecule has 162 valence electrons. The number of hydrogen-bond acceptors (Lipinski definition) is 3. The monoisotopic (exact) mass is 489 g/mol. The number of hydrogen-bond donors (Lipinski definition) is 2. The molecule has 0 aliphatic heterocycles. The first kappa shape index (κ1) is 20.9. The molecule has 2 aromatic heterocycles. The molecular formula is C26H24BrN3O2. The van der Waals surface area contributed by atoms with Crippen molar-refractivity contribution in [3.05, 3.63) is 70.8 Å². The molecule has 6 heteroatoms. The Morgan fingerprint density at radius 3 is 2.44 bits per heavy atom. The van der Waals surface area contributed by atoms with Crippen LogP contribution in [0.25, 0.3) is 33.7 Å². The Bertz CT molecular complexity index is 1240. The molecule has 4 aromatic rings. The zero-order valence-corrected chi connectivity index (χ0v) is 19.2. The van der Waals surface area contributed by atoms with E-state index >= 15 is 0 Å². The van der Waals surface area contributed by atoms with E-state index in [1.807, 2.05) is 30.5 Å². The molecule has 2 N–H and O–H groups in total. The van der Waals surface area contributed by atoms with Crippen LogP contribution in [0.2, 0.25) is 0 Å². The van der Waals surface area contributed by atoms with Crippen LogP contribution in [0.5, 0.6) is 0 Å². The van der Waals surface area contributed by atoms with Crippen LogP contribution in [0.4, 0.5) is 0 Å². The average molecular weight is 490 g/mol. The summed E-state index contributed by atoms with van der Waals surface area (Å²) in [5, 5.41) is 9.00. The lowest BCUT2D eigenvalue weighted by Crippen LogP contribution is -2.16. The molecule has 5 rings (SSSR count). The SMILES string of the molecule is O=C(O)C[C@H]1CC[C@H](c2ccc(-c3ccc(-c4nc5ccc(Br)cc5[nH]4)nc3)cc2)CC1. The van der Waals surface area contributed by atoms with Gasteiger partial charge in [-0.1, -0.05) is 46.3 Å². The summed E-state index contributed by atoms with van der Waals surface area (Å²) in [6.45, 7) is 0. The maximum atomic E-state index is 10.9. The Balaban J connectivity index is 1.27. The largest absolute Gasteiger partial charge is 0.481 e. The summed E-state index contributed by atoms with van der Waals surface area (Å²) in [5.74, 6) is 0.952. The summed E-state index contributed by atoms with van der Waals surface area (Å²) in [6, 6.07) is 18.8. The second-order valence-corrected chi connectivity index (χ2v) is 9.53. The zero-order chi connectivity index (χ0) is 22.1. The Labute approximate surface area is 195 Å². The van der Waals surface area contributed by atoms with Crippen molar-refractivity contribution >= 4 is 32.9 Å². The first-order valence-electron chi connectivity index (χ1n) is 11.0. The highest BCUT2D eigenvalue weighted by Crippen LogP contribution is 2.37. The topological polar surface area (TPSA) is 78.9 Å². The molecule has 1 fully saturated rings. The number of imidazole rings is 1. The van der Waals surface area contributed by atoms with Crippen LogP contribution in [0, 0.1) is 5.92 Å². The third-order valence-corrected chi connectivity index (χ3v) is 6.97. The Hall–Kier alpha value is -2.99. The molecule has 1 aliphatic rings. The summed E-state index contributed by atoms with van der Waals surface area (Å²) >= 11 is 3.49. The fourth-order valence-corrected chi connectivity index (χ4v) is 5.06. The number of aliphatic carboxylic acids is 1. The van der Waals surface area contributed by atoms with Gasteiger partial charge >= 0.3 is 5.97 Å². The third-order valence-electron chi connectivity index (χ3n) is 6.48.